The smallest absolute Gasteiger partial charge is 0.0619 e. The highest BCUT2D eigenvalue weighted by Crippen LogP contribution is 2.46. The van der Waals surface area contributed by atoms with Crippen LogP contribution in [-0.2, 0) is 0 Å². The van der Waals surface area contributed by atoms with Gasteiger partial charge in [-0.15, -0.1) is 11.3 Å². The summed E-state index contributed by atoms with van der Waals surface area (Å²) in [5.74, 6) is 0. The second kappa shape index (κ2) is 16.0. The Bertz CT molecular complexity index is 4270. The molecule has 0 bridgehead atoms. The molecule has 0 amide bonds. The van der Waals surface area contributed by atoms with Gasteiger partial charge in [-0.3, -0.25) is 0 Å². The van der Waals surface area contributed by atoms with E-state index in [2.05, 4.69) is 264 Å². The van der Waals surface area contributed by atoms with E-state index < -0.39 is 0 Å². The third-order valence-corrected chi connectivity index (χ3v) is 15.3. The molecule has 322 valence electrons. The van der Waals surface area contributed by atoms with Crippen LogP contribution in [0.2, 0.25) is 0 Å². The Balaban J connectivity index is 1.03. The predicted molar refractivity (Wildman–Crippen MR) is 295 cm³/mol. The fourth-order valence-electron chi connectivity index (χ4n) is 11.0. The Morgan fingerprint density at radius 2 is 0.710 bits per heavy atom. The number of hydrogen-bond donors (Lipinski definition) is 0. The summed E-state index contributed by atoms with van der Waals surface area (Å²) >= 11 is 1.89. The number of rotatable bonds is 7. The van der Waals surface area contributed by atoms with Gasteiger partial charge in [-0.2, -0.15) is 0 Å². The topological polar surface area (TPSA) is 9.86 Å². The van der Waals surface area contributed by atoms with E-state index in [0.29, 0.717) is 0 Å². The molecule has 0 fully saturated rings. The fraction of sp³-hybridized carbons (Fsp3) is 0. The van der Waals surface area contributed by atoms with Crippen LogP contribution in [0.5, 0.6) is 0 Å². The van der Waals surface area contributed by atoms with Gasteiger partial charge in [-0.25, -0.2) is 0 Å². The molecule has 11 aromatic carbocycles. The van der Waals surface area contributed by atoms with Crippen LogP contribution < -0.4 is 0 Å². The molecule has 0 unspecified atom stereocenters. The summed E-state index contributed by atoms with van der Waals surface area (Å²) in [6, 6.07) is 93.8. The van der Waals surface area contributed by atoms with Gasteiger partial charge in [0.2, 0.25) is 0 Å². The third kappa shape index (κ3) is 6.39. The molecule has 0 aliphatic heterocycles. The quantitative estimate of drug-likeness (QED) is 0.151. The number of benzene rings is 11. The van der Waals surface area contributed by atoms with Gasteiger partial charge in [0.25, 0.3) is 0 Å². The van der Waals surface area contributed by atoms with Crippen molar-refractivity contribution in [3.8, 4) is 67.0 Å². The summed E-state index contributed by atoms with van der Waals surface area (Å²) in [6.07, 6.45) is 0. The zero-order chi connectivity index (χ0) is 45.4. The van der Waals surface area contributed by atoms with Crippen molar-refractivity contribution in [1.82, 2.24) is 9.13 Å². The maximum Gasteiger partial charge on any atom is 0.0619 e. The molecule has 0 saturated heterocycles. The fourth-order valence-corrected chi connectivity index (χ4v) is 12.2. The van der Waals surface area contributed by atoms with Crippen molar-refractivity contribution < 1.29 is 0 Å². The second-order valence-corrected chi connectivity index (χ2v) is 19.1. The van der Waals surface area contributed by atoms with Crippen molar-refractivity contribution in [2.45, 2.75) is 0 Å². The second-order valence-electron chi connectivity index (χ2n) is 18.0. The molecular formula is C66H42N2S. The van der Waals surface area contributed by atoms with Gasteiger partial charge in [0.15, 0.2) is 0 Å². The van der Waals surface area contributed by atoms with Crippen molar-refractivity contribution in [3.63, 3.8) is 0 Å². The summed E-state index contributed by atoms with van der Waals surface area (Å²) in [4.78, 5) is 0. The summed E-state index contributed by atoms with van der Waals surface area (Å²) in [6.45, 7) is 0. The van der Waals surface area contributed by atoms with Crippen LogP contribution in [0.1, 0.15) is 0 Å². The summed E-state index contributed by atoms with van der Waals surface area (Å²) in [5, 5.41) is 7.55. The first-order valence-corrected chi connectivity index (χ1v) is 24.5. The van der Waals surface area contributed by atoms with Crippen molar-refractivity contribution >= 4 is 75.1 Å². The van der Waals surface area contributed by atoms with Crippen molar-refractivity contribution in [3.05, 3.63) is 255 Å². The molecule has 14 aromatic rings. The highest BCUT2D eigenvalue weighted by atomic mass is 32.1. The first-order valence-electron chi connectivity index (χ1n) is 23.7. The molecule has 69 heavy (non-hydrogen) atoms. The van der Waals surface area contributed by atoms with Crippen molar-refractivity contribution in [2.75, 3.05) is 0 Å². The van der Waals surface area contributed by atoms with E-state index in [-0.39, 0.29) is 0 Å². The molecule has 14 rings (SSSR count). The predicted octanol–water partition coefficient (Wildman–Crippen LogP) is 18.6. The Morgan fingerprint density at radius 3 is 1.39 bits per heavy atom. The minimum Gasteiger partial charge on any atom is -0.309 e. The standard InChI is InChI=1S/C66H42N2S/c1-3-16-43(17-4-1)45-32-36-50(37-33-45)67-61-29-11-8-22-59(61)64-52(23-15-30-62(64)67)47-40-48(42-49(41-47)54-25-14-27-58-56-21-9-12-31-63(56)69-66(54)58)53-24-13-26-57-55-20-7-10-28-60(55)68(65(53)57)51-38-34-46(35-39-51)44-18-5-2-6-19-44/h1-42H. The first-order chi connectivity index (χ1) is 34.2. The monoisotopic (exact) mass is 894 g/mol. The third-order valence-electron chi connectivity index (χ3n) is 14.1. The van der Waals surface area contributed by atoms with Gasteiger partial charge in [0.05, 0.1) is 22.1 Å². The van der Waals surface area contributed by atoms with E-state index in [1.54, 1.807) is 0 Å². The number of fused-ring (bicyclic) bond motifs is 9. The van der Waals surface area contributed by atoms with E-state index in [4.69, 9.17) is 0 Å². The highest BCUT2D eigenvalue weighted by molar-refractivity contribution is 7.26. The summed E-state index contributed by atoms with van der Waals surface area (Å²) in [7, 11) is 0. The van der Waals surface area contributed by atoms with Crippen molar-refractivity contribution in [2.24, 2.45) is 0 Å². The minimum atomic E-state index is 1.13. The number of nitrogens with zero attached hydrogens (tertiary/aromatic N) is 2. The lowest BCUT2D eigenvalue weighted by Crippen LogP contribution is -1.96. The lowest BCUT2D eigenvalue weighted by molar-refractivity contribution is 1.18. The molecule has 3 heterocycles. The van der Waals surface area contributed by atoms with Gasteiger partial charge in [-0.1, -0.05) is 188 Å². The molecule has 0 atom stereocenters. The van der Waals surface area contributed by atoms with Crippen LogP contribution in [0.15, 0.2) is 255 Å². The zero-order valence-electron chi connectivity index (χ0n) is 37.6. The van der Waals surface area contributed by atoms with Gasteiger partial charge >= 0.3 is 0 Å². The first kappa shape index (κ1) is 39.4. The SMILES string of the molecule is c1ccc(-c2ccc(-n3c4ccccc4c4c(-c5cc(-c6cccc7c6sc6ccccc67)cc(-c6cccc7c8ccccc8n(-c8ccc(-c9ccccc9)cc8)c67)c5)cccc43)cc2)cc1. The van der Waals surface area contributed by atoms with E-state index in [0.717, 1.165) is 11.4 Å². The van der Waals surface area contributed by atoms with Gasteiger partial charge < -0.3 is 9.13 Å². The molecule has 0 aliphatic rings. The van der Waals surface area contributed by atoms with Crippen LogP contribution in [0.4, 0.5) is 0 Å². The molecule has 3 aromatic heterocycles. The Morgan fingerprint density at radius 1 is 0.261 bits per heavy atom. The number of aromatic nitrogens is 2. The number of hydrogen-bond acceptors (Lipinski definition) is 1. The average molecular weight is 895 g/mol. The number of para-hydroxylation sites is 3. The van der Waals surface area contributed by atoms with E-state index in [9.17, 15) is 0 Å². The Hall–Kier alpha value is -8.76. The molecule has 3 heteroatoms. The van der Waals surface area contributed by atoms with Crippen LogP contribution in [0, 0.1) is 0 Å². The van der Waals surface area contributed by atoms with Gasteiger partial charge in [0, 0.05) is 58.7 Å². The highest BCUT2D eigenvalue weighted by Gasteiger charge is 2.21. The normalized spacial score (nSPS) is 11.8. The van der Waals surface area contributed by atoms with Crippen LogP contribution in [0.25, 0.3) is 131 Å². The lowest BCUT2D eigenvalue weighted by atomic mass is 9.90. The molecular weight excluding hydrogens is 853 g/mol. The maximum absolute atomic E-state index is 2.48. The lowest BCUT2D eigenvalue weighted by Gasteiger charge is -2.16. The molecule has 0 saturated carbocycles. The van der Waals surface area contributed by atoms with Gasteiger partial charge in [0.1, 0.15) is 0 Å². The van der Waals surface area contributed by atoms with Crippen LogP contribution >= 0.6 is 11.3 Å². The molecule has 0 spiro atoms. The van der Waals surface area contributed by atoms with E-state index in [1.807, 2.05) is 11.3 Å². The van der Waals surface area contributed by atoms with Crippen LogP contribution in [0.3, 0.4) is 0 Å². The van der Waals surface area contributed by atoms with Gasteiger partial charge in [-0.05, 0) is 117 Å². The summed E-state index contributed by atoms with van der Waals surface area (Å²) < 4.78 is 7.53. The average Bonchev–Trinajstić information content (AvgIpc) is 4.09. The largest absolute Gasteiger partial charge is 0.309 e. The Kier molecular flexibility index (Phi) is 9.11. The Labute approximate surface area is 403 Å². The summed E-state index contributed by atoms with van der Waals surface area (Å²) in [5.41, 5.74) is 19.1. The molecule has 0 aliphatic carbocycles. The molecule has 2 nitrogen and oxygen atoms in total. The number of thiophene rings is 1. The van der Waals surface area contributed by atoms with E-state index in [1.165, 1.54) is 119 Å². The molecule has 0 radical (unpaired) electrons. The van der Waals surface area contributed by atoms with Crippen molar-refractivity contribution in [1.29, 1.82) is 0 Å². The molecule has 0 N–H and O–H groups in total. The maximum atomic E-state index is 2.48. The van der Waals surface area contributed by atoms with E-state index >= 15 is 0 Å². The van der Waals surface area contributed by atoms with Crippen LogP contribution in [-0.4, -0.2) is 9.13 Å². The minimum absolute atomic E-state index is 1.13. The zero-order valence-corrected chi connectivity index (χ0v) is 38.4.